The van der Waals surface area contributed by atoms with Crippen LogP contribution in [0.15, 0.2) is 23.2 Å². The van der Waals surface area contributed by atoms with E-state index in [9.17, 15) is 13.9 Å². The highest BCUT2D eigenvalue weighted by atomic mass is 19.1. The van der Waals surface area contributed by atoms with Crippen molar-refractivity contribution in [2.75, 3.05) is 13.1 Å². The number of halogens is 2. The highest BCUT2D eigenvalue weighted by molar-refractivity contribution is 5.81. The fraction of sp³-hybridized carbons (Fsp3) is 0.462. The molecule has 0 spiro atoms. The fourth-order valence-electron chi connectivity index (χ4n) is 1.94. The van der Waals surface area contributed by atoms with Crippen molar-refractivity contribution in [2.45, 2.75) is 25.5 Å². The Hall–Kier alpha value is -1.69. The minimum atomic E-state index is -1.45. The van der Waals surface area contributed by atoms with Crippen LogP contribution in [0.4, 0.5) is 8.78 Å². The average Bonchev–Trinajstić information content (AvgIpc) is 2.72. The summed E-state index contributed by atoms with van der Waals surface area (Å²) in [5.41, 5.74) is -1.40. The first kappa shape index (κ1) is 13.7. The zero-order chi connectivity index (χ0) is 14.0. The van der Waals surface area contributed by atoms with Crippen molar-refractivity contribution in [1.82, 2.24) is 10.6 Å². The summed E-state index contributed by atoms with van der Waals surface area (Å²) < 4.78 is 26.5. The van der Waals surface area contributed by atoms with Crippen LogP contribution < -0.4 is 10.6 Å². The maximum Gasteiger partial charge on any atom is 0.191 e. The van der Waals surface area contributed by atoms with Crippen molar-refractivity contribution in [3.05, 3.63) is 35.4 Å². The van der Waals surface area contributed by atoms with Gasteiger partial charge in [0.25, 0.3) is 0 Å². The summed E-state index contributed by atoms with van der Waals surface area (Å²) in [5.74, 6) is -0.850. The number of rotatable bonds is 3. The molecule has 2 unspecified atom stereocenters. The third-order valence-electron chi connectivity index (χ3n) is 3.02. The van der Waals surface area contributed by atoms with Gasteiger partial charge in [0.1, 0.15) is 17.2 Å². The molecule has 0 aliphatic carbocycles. The minimum absolute atomic E-state index is 0.0491. The topological polar surface area (TPSA) is 56.7 Å². The zero-order valence-electron chi connectivity index (χ0n) is 10.9. The summed E-state index contributed by atoms with van der Waals surface area (Å²) in [5, 5.41) is 16.3. The maximum atomic E-state index is 13.6. The molecule has 1 heterocycles. The second-order valence-electron chi connectivity index (χ2n) is 4.99. The van der Waals surface area contributed by atoms with Gasteiger partial charge in [0.05, 0.1) is 13.1 Å². The van der Waals surface area contributed by atoms with Crippen molar-refractivity contribution >= 4 is 5.96 Å². The number of benzene rings is 1. The van der Waals surface area contributed by atoms with Gasteiger partial charge in [-0.05, 0) is 19.9 Å². The molecular formula is C13H17F2N3O. The number of aliphatic hydroxyl groups is 1. The lowest BCUT2D eigenvalue weighted by Gasteiger charge is -2.25. The Labute approximate surface area is 110 Å². The molecule has 19 heavy (non-hydrogen) atoms. The van der Waals surface area contributed by atoms with E-state index in [0.29, 0.717) is 12.5 Å². The van der Waals surface area contributed by atoms with Crippen LogP contribution in [0.1, 0.15) is 19.4 Å². The first-order valence-corrected chi connectivity index (χ1v) is 6.11. The standard InChI is InChI=1S/C13H17F2N3O/c1-8-6-16-12(18-8)17-7-13(2,19)10-4-3-9(14)5-11(10)15/h3-5,8,19H,6-7H2,1-2H3,(H2,16,17,18). The van der Waals surface area contributed by atoms with Gasteiger partial charge in [-0.1, -0.05) is 6.07 Å². The Morgan fingerprint density at radius 3 is 2.84 bits per heavy atom. The number of nitrogens with one attached hydrogen (secondary N) is 2. The molecule has 0 radical (unpaired) electrons. The smallest absolute Gasteiger partial charge is 0.191 e. The molecule has 0 aromatic heterocycles. The third-order valence-corrected chi connectivity index (χ3v) is 3.02. The van der Waals surface area contributed by atoms with Gasteiger partial charge in [0.15, 0.2) is 5.96 Å². The first-order valence-electron chi connectivity index (χ1n) is 6.11. The SMILES string of the molecule is CC1CN=C(NCC(C)(O)c2ccc(F)cc2F)N1. The molecule has 0 saturated heterocycles. The van der Waals surface area contributed by atoms with Crippen LogP contribution in [-0.4, -0.2) is 30.2 Å². The molecule has 0 saturated carbocycles. The molecule has 6 heteroatoms. The lowest BCUT2D eigenvalue weighted by molar-refractivity contribution is 0.0578. The Kier molecular flexibility index (Phi) is 3.71. The van der Waals surface area contributed by atoms with Crippen LogP contribution in [0.25, 0.3) is 0 Å². The molecule has 1 aromatic carbocycles. The summed E-state index contributed by atoms with van der Waals surface area (Å²) in [7, 11) is 0. The molecule has 104 valence electrons. The third kappa shape index (κ3) is 3.20. The van der Waals surface area contributed by atoms with Crippen molar-refractivity contribution < 1.29 is 13.9 Å². The number of aliphatic imine (C=N–C) groups is 1. The second kappa shape index (κ2) is 5.13. The predicted octanol–water partition coefficient (Wildman–Crippen LogP) is 1.11. The zero-order valence-corrected chi connectivity index (χ0v) is 10.9. The molecule has 0 fully saturated rings. The molecule has 1 aromatic rings. The quantitative estimate of drug-likeness (QED) is 0.770. The lowest BCUT2D eigenvalue weighted by atomic mass is 9.95. The molecule has 2 rings (SSSR count). The van der Waals surface area contributed by atoms with Crippen LogP contribution in [-0.2, 0) is 5.60 Å². The van der Waals surface area contributed by atoms with Crippen LogP contribution >= 0.6 is 0 Å². The largest absolute Gasteiger partial charge is 0.383 e. The van der Waals surface area contributed by atoms with E-state index in [1.165, 1.54) is 13.0 Å². The van der Waals surface area contributed by atoms with Gasteiger partial charge in [-0.3, -0.25) is 4.99 Å². The van der Waals surface area contributed by atoms with Crippen molar-refractivity contribution in [3.8, 4) is 0 Å². The van der Waals surface area contributed by atoms with Crippen LogP contribution in [0.5, 0.6) is 0 Å². The van der Waals surface area contributed by atoms with E-state index < -0.39 is 17.2 Å². The average molecular weight is 269 g/mol. The predicted molar refractivity (Wildman–Crippen MR) is 68.8 cm³/mol. The summed E-state index contributed by atoms with van der Waals surface area (Å²) in [6.45, 7) is 4.19. The molecule has 2 atom stereocenters. The summed E-state index contributed by atoms with van der Waals surface area (Å²) in [4.78, 5) is 4.18. The molecule has 0 bridgehead atoms. The molecule has 1 aliphatic heterocycles. The van der Waals surface area contributed by atoms with Crippen molar-refractivity contribution in [2.24, 2.45) is 4.99 Å². The summed E-state index contributed by atoms with van der Waals surface area (Å²) in [6, 6.07) is 3.38. The second-order valence-corrected chi connectivity index (χ2v) is 4.99. The molecule has 0 amide bonds. The maximum absolute atomic E-state index is 13.6. The monoisotopic (exact) mass is 269 g/mol. The Morgan fingerprint density at radius 2 is 2.26 bits per heavy atom. The number of nitrogens with zero attached hydrogens (tertiary/aromatic N) is 1. The van der Waals surface area contributed by atoms with Crippen molar-refractivity contribution in [1.29, 1.82) is 0 Å². The highest BCUT2D eigenvalue weighted by Crippen LogP contribution is 2.23. The van der Waals surface area contributed by atoms with Gasteiger partial charge in [-0.25, -0.2) is 8.78 Å². The van der Waals surface area contributed by atoms with E-state index in [1.807, 2.05) is 6.92 Å². The van der Waals surface area contributed by atoms with Crippen molar-refractivity contribution in [3.63, 3.8) is 0 Å². The van der Waals surface area contributed by atoms with Gasteiger partial charge >= 0.3 is 0 Å². The summed E-state index contributed by atoms with van der Waals surface area (Å²) in [6.07, 6.45) is 0. The van der Waals surface area contributed by atoms with E-state index in [0.717, 1.165) is 12.1 Å². The van der Waals surface area contributed by atoms with Gasteiger partial charge in [0, 0.05) is 17.7 Å². The Balaban J connectivity index is 2.05. The number of guanidine groups is 1. The normalized spacial score (nSPS) is 21.5. The van der Waals surface area contributed by atoms with Crippen LogP contribution in [0.3, 0.4) is 0 Å². The minimum Gasteiger partial charge on any atom is -0.383 e. The molecule has 1 aliphatic rings. The van der Waals surface area contributed by atoms with Gasteiger partial charge in [-0.2, -0.15) is 0 Å². The van der Waals surface area contributed by atoms with Gasteiger partial charge in [0.2, 0.25) is 0 Å². The number of hydrogen-bond donors (Lipinski definition) is 3. The Morgan fingerprint density at radius 1 is 1.53 bits per heavy atom. The molecule has 3 N–H and O–H groups in total. The highest BCUT2D eigenvalue weighted by Gasteiger charge is 2.27. The van der Waals surface area contributed by atoms with Gasteiger partial charge < -0.3 is 15.7 Å². The van der Waals surface area contributed by atoms with E-state index in [4.69, 9.17) is 0 Å². The molecule has 4 nitrogen and oxygen atoms in total. The first-order chi connectivity index (χ1) is 8.88. The van der Waals surface area contributed by atoms with E-state index >= 15 is 0 Å². The summed E-state index contributed by atoms with van der Waals surface area (Å²) >= 11 is 0. The fourth-order valence-corrected chi connectivity index (χ4v) is 1.94. The number of hydrogen-bond acceptors (Lipinski definition) is 4. The molecular weight excluding hydrogens is 252 g/mol. The van der Waals surface area contributed by atoms with Crippen LogP contribution in [0, 0.1) is 11.6 Å². The lowest BCUT2D eigenvalue weighted by Crippen LogP contribution is -2.44. The van der Waals surface area contributed by atoms with E-state index in [1.54, 1.807) is 0 Å². The van der Waals surface area contributed by atoms with E-state index in [-0.39, 0.29) is 18.2 Å². The van der Waals surface area contributed by atoms with Crippen LogP contribution in [0.2, 0.25) is 0 Å². The van der Waals surface area contributed by atoms with Gasteiger partial charge in [-0.15, -0.1) is 0 Å². The van der Waals surface area contributed by atoms with E-state index in [2.05, 4.69) is 15.6 Å². The Bertz CT molecular complexity index is 503.